The summed E-state index contributed by atoms with van der Waals surface area (Å²) in [6, 6.07) is 23.0. The largest absolute Gasteiger partial charge is 0.283 e. The maximum Gasteiger partial charge on any atom is 0.141 e. The molecule has 0 aliphatic carbocycles. The molecule has 0 aliphatic heterocycles. The van der Waals surface area contributed by atoms with E-state index in [-0.39, 0.29) is 0 Å². The zero-order valence-electron chi connectivity index (χ0n) is 13.5. The van der Waals surface area contributed by atoms with Crippen LogP contribution in [0.25, 0.3) is 33.4 Å². The molecular weight excluding hydrogens is 324 g/mol. The molecule has 3 heterocycles. The normalized spacial score (nSPS) is 11.0. The highest BCUT2D eigenvalue weighted by molar-refractivity contribution is 5.84. The smallest absolute Gasteiger partial charge is 0.141 e. The highest BCUT2D eigenvalue weighted by Gasteiger charge is 2.12. The van der Waals surface area contributed by atoms with Crippen LogP contribution in [0.15, 0.2) is 60.7 Å². The molecule has 0 radical (unpaired) electrons. The lowest BCUT2D eigenvalue weighted by Gasteiger charge is -2.01. The van der Waals surface area contributed by atoms with Crippen LogP contribution in [0.3, 0.4) is 0 Å². The van der Waals surface area contributed by atoms with Crippen LogP contribution in [0.5, 0.6) is 0 Å². The molecule has 0 spiro atoms. The molecule has 0 fully saturated rings. The van der Waals surface area contributed by atoms with E-state index in [1.54, 1.807) is 20.9 Å². The van der Waals surface area contributed by atoms with Crippen molar-refractivity contribution in [3.8, 4) is 12.1 Å². The molecule has 6 heteroatoms. The van der Waals surface area contributed by atoms with Gasteiger partial charge in [0.25, 0.3) is 0 Å². The molecule has 120 valence electrons. The van der Waals surface area contributed by atoms with E-state index in [2.05, 4.69) is 22.1 Å². The van der Waals surface area contributed by atoms with E-state index in [1.165, 1.54) is 0 Å². The molecule has 6 nitrogen and oxygen atoms in total. The minimum absolute atomic E-state index is 0.401. The summed E-state index contributed by atoms with van der Waals surface area (Å²) in [4.78, 5) is 9.20. The van der Waals surface area contributed by atoms with Crippen LogP contribution < -0.4 is 0 Å². The fourth-order valence-electron chi connectivity index (χ4n) is 3.33. The molecular formula is C20H10N6. The van der Waals surface area contributed by atoms with Gasteiger partial charge < -0.3 is 0 Å². The van der Waals surface area contributed by atoms with Gasteiger partial charge >= 0.3 is 0 Å². The van der Waals surface area contributed by atoms with Crippen molar-refractivity contribution in [3.05, 3.63) is 72.1 Å². The number of imidazole rings is 2. The predicted molar refractivity (Wildman–Crippen MR) is 97.2 cm³/mol. The van der Waals surface area contributed by atoms with E-state index in [1.807, 2.05) is 48.5 Å². The quantitative estimate of drug-likeness (QED) is 0.433. The Hall–Kier alpha value is -4.16. The van der Waals surface area contributed by atoms with Gasteiger partial charge in [0.05, 0.1) is 22.1 Å². The highest BCUT2D eigenvalue weighted by atomic mass is 15.1. The minimum Gasteiger partial charge on any atom is -0.283 e. The van der Waals surface area contributed by atoms with E-state index in [0.717, 1.165) is 22.1 Å². The SMILES string of the molecule is N#Cc1cc2nc3ccccc3n2c(C#N)cc2nc3ccccc3n12. The van der Waals surface area contributed by atoms with Gasteiger partial charge in [0.2, 0.25) is 0 Å². The number of aromatic nitrogens is 4. The van der Waals surface area contributed by atoms with Gasteiger partial charge in [-0.15, -0.1) is 0 Å². The lowest BCUT2D eigenvalue weighted by atomic mass is 10.3. The fourth-order valence-corrected chi connectivity index (χ4v) is 3.33. The summed E-state index contributed by atoms with van der Waals surface area (Å²) in [6.45, 7) is 0. The molecule has 5 aromatic rings. The van der Waals surface area contributed by atoms with Crippen molar-refractivity contribution in [1.82, 2.24) is 18.8 Å². The molecule has 0 bridgehead atoms. The second-order valence-electron chi connectivity index (χ2n) is 5.87. The third-order valence-corrected chi connectivity index (χ3v) is 4.42. The van der Waals surface area contributed by atoms with Gasteiger partial charge in [0.15, 0.2) is 0 Å². The molecule has 0 unspecified atom stereocenters. The lowest BCUT2D eigenvalue weighted by Crippen LogP contribution is -1.96. The van der Waals surface area contributed by atoms with Crippen LogP contribution in [0, 0.1) is 22.7 Å². The topological polar surface area (TPSA) is 82.2 Å². The van der Waals surface area contributed by atoms with Crippen LogP contribution in [-0.2, 0) is 0 Å². The maximum absolute atomic E-state index is 9.77. The Morgan fingerprint density at radius 2 is 1.08 bits per heavy atom. The monoisotopic (exact) mass is 334 g/mol. The first-order valence-corrected chi connectivity index (χ1v) is 7.99. The molecule has 2 aromatic carbocycles. The lowest BCUT2D eigenvalue weighted by molar-refractivity contribution is 1.14. The maximum atomic E-state index is 9.77. The summed E-state index contributed by atoms with van der Waals surface area (Å²) in [6.07, 6.45) is 0. The third-order valence-electron chi connectivity index (χ3n) is 4.42. The zero-order chi connectivity index (χ0) is 17.7. The Bertz CT molecular complexity index is 1340. The summed E-state index contributed by atoms with van der Waals surface area (Å²) in [5.41, 5.74) is 5.04. The molecule has 26 heavy (non-hydrogen) atoms. The Morgan fingerprint density at radius 3 is 1.50 bits per heavy atom. The summed E-state index contributed by atoms with van der Waals surface area (Å²) >= 11 is 0. The number of nitrogens with zero attached hydrogens (tertiary/aromatic N) is 6. The number of para-hydroxylation sites is 4. The molecule has 0 atom stereocenters. The Kier molecular flexibility index (Phi) is 2.82. The van der Waals surface area contributed by atoms with Gasteiger partial charge in [-0.3, -0.25) is 8.80 Å². The van der Waals surface area contributed by atoms with Gasteiger partial charge in [0, 0.05) is 12.1 Å². The first-order chi connectivity index (χ1) is 12.8. The summed E-state index contributed by atoms with van der Waals surface area (Å²) in [5.74, 6) is 0. The Labute approximate surface area is 147 Å². The first kappa shape index (κ1) is 14.2. The van der Waals surface area contributed by atoms with Gasteiger partial charge in [-0.2, -0.15) is 10.5 Å². The highest BCUT2D eigenvalue weighted by Crippen LogP contribution is 2.22. The average molecular weight is 334 g/mol. The number of benzene rings is 2. The number of fused-ring (bicyclic) bond motifs is 6. The van der Waals surface area contributed by atoms with E-state index in [4.69, 9.17) is 0 Å². The van der Waals surface area contributed by atoms with Gasteiger partial charge in [-0.1, -0.05) is 24.3 Å². The van der Waals surface area contributed by atoms with Crippen molar-refractivity contribution in [3.63, 3.8) is 0 Å². The number of nitriles is 2. The molecule has 0 saturated heterocycles. The van der Waals surface area contributed by atoms with Crippen LogP contribution in [0.4, 0.5) is 0 Å². The standard InChI is InChI=1S/C20H10N6/c21-11-13-10-20-24-16-6-2-4-8-18(16)26(20)14(12-22)9-19-23-15-5-1-3-7-17(15)25(13)19/h1-10H. The summed E-state index contributed by atoms with van der Waals surface area (Å²) in [5, 5.41) is 19.5. The second-order valence-corrected chi connectivity index (χ2v) is 5.87. The molecule has 3 aromatic heterocycles. The third kappa shape index (κ3) is 1.84. The van der Waals surface area contributed by atoms with E-state index >= 15 is 0 Å². The van der Waals surface area contributed by atoms with Gasteiger partial charge in [0.1, 0.15) is 34.8 Å². The van der Waals surface area contributed by atoms with Gasteiger partial charge in [-0.05, 0) is 24.3 Å². The van der Waals surface area contributed by atoms with E-state index in [9.17, 15) is 10.5 Å². The van der Waals surface area contributed by atoms with Crippen LogP contribution in [-0.4, -0.2) is 18.8 Å². The van der Waals surface area contributed by atoms with Crippen molar-refractivity contribution >= 4 is 33.4 Å². The van der Waals surface area contributed by atoms with Crippen molar-refractivity contribution in [2.45, 2.75) is 0 Å². The average Bonchev–Trinajstić information content (AvgIpc) is 3.20. The molecule has 0 saturated carbocycles. The number of rotatable bonds is 0. The van der Waals surface area contributed by atoms with Crippen molar-refractivity contribution in [2.24, 2.45) is 0 Å². The molecule has 0 N–H and O–H groups in total. The van der Waals surface area contributed by atoms with E-state index in [0.29, 0.717) is 22.7 Å². The molecule has 0 aliphatic rings. The first-order valence-electron chi connectivity index (χ1n) is 7.99. The van der Waals surface area contributed by atoms with Crippen LogP contribution in [0.2, 0.25) is 0 Å². The number of hydrogen-bond acceptors (Lipinski definition) is 4. The summed E-state index contributed by atoms with van der Waals surface area (Å²) < 4.78 is 3.52. The predicted octanol–water partition coefficient (Wildman–Crippen LogP) is 3.59. The Balaban J connectivity index is 2.13. The van der Waals surface area contributed by atoms with Crippen LogP contribution in [0.1, 0.15) is 11.4 Å². The summed E-state index contributed by atoms with van der Waals surface area (Å²) in [7, 11) is 0. The van der Waals surface area contributed by atoms with Gasteiger partial charge in [-0.25, -0.2) is 9.97 Å². The van der Waals surface area contributed by atoms with Crippen molar-refractivity contribution in [2.75, 3.05) is 0 Å². The minimum atomic E-state index is 0.401. The van der Waals surface area contributed by atoms with Crippen molar-refractivity contribution < 1.29 is 0 Å². The van der Waals surface area contributed by atoms with E-state index < -0.39 is 0 Å². The Morgan fingerprint density at radius 1 is 0.654 bits per heavy atom. The number of hydrogen-bond donors (Lipinski definition) is 0. The molecule has 5 rings (SSSR count). The zero-order valence-corrected chi connectivity index (χ0v) is 13.5. The fraction of sp³-hybridized carbons (Fsp3) is 0. The van der Waals surface area contributed by atoms with Crippen LogP contribution >= 0.6 is 0 Å². The van der Waals surface area contributed by atoms with Crippen molar-refractivity contribution in [1.29, 1.82) is 10.5 Å². The molecule has 0 amide bonds. The second kappa shape index (κ2) is 5.17.